The number of fused-ring (bicyclic) bond motifs is 2. The summed E-state index contributed by atoms with van der Waals surface area (Å²) in [6.45, 7) is 0. The van der Waals surface area contributed by atoms with Crippen LogP contribution in [0.15, 0.2) is 12.2 Å². The Morgan fingerprint density at radius 2 is 2.07 bits per heavy atom. The van der Waals surface area contributed by atoms with E-state index < -0.39 is 17.4 Å². The molecule has 0 aliphatic heterocycles. The first-order valence-corrected chi connectivity index (χ1v) is 4.68. The average molecular weight is 196 g/mol. The molecule has 1 fully saturated rings. The molecule has 76 valence electrons. The van der Waals surface area contributed by atoms with Crippen LogP contribution < -0.4 is 0 Å². The molecule has 0 aromatic heterocycles. The Kier molecular flexibility index (Phi) is 1.87. The van der Waals surface area contributed by atoms with E-state index in [0.717, 1.165) is 6.42 Å². The molecule has 0 heterocycles. The topological polar surface area (TPSA) is 74.6 Å². The van der Waals surface area contributed by atoms with E-state index in [2.05, 4.69) is 0 Å². The fourth-order valence-electron chi connectivity index (χ4n) is 2.75. The molecule has 2 rings (SSSR count). The van der Waals surface area contributed by atoms with Gasteiger partial charge in [-0.05, 0) is 24.7 Å². The second-order valence-electron chi connectivity index (χ2n) is 4.22. The largest absolute Gasteiger partial charge is 0.481 e. The lowest BCUT2D eigenvalue weighted by atomic mass is 9.73. The van der Waals surface area contributed by atoms with Crippen molar-refractivity contribution in [2.75, 3.05) is 0 Å². The SMILES string of the molecule is O=C(O)C[C@]1(C(=O)O)C[C@@H]2C=C[C@H]1C2. The minimum atomic E-state index is -1.04. The molecule has 0 aromatic carbocycles. The molecule has 4 nitrogen and oxygen atoms in total. The first-order chi connectivity index (χ1) is 6.54. The number of carbonyl (C=O) groups is 2. The molecule has 0 aromatic rings. The zero-order chi connectivity index (χ0) is 10.3. The Hall–Kier alpha value is -1.32. The Bertz CT molecular complexity index is 320. The van der Waals surface area contributed by atoms with Crippen LogP contribution in [-0.2, 0) is 9.59 Å². The molecule has 2 bridgehead atoms. The Morgan fingerprint density at radius 1 is 1.36 bits per heavy atom. The monoisotopic (exact) mass is 196 g/mol. The molecular weight excluding hydrogens is 184 g/mol. The van der Waals surface area contributed by atoms with Crippen LogP contribution >= 0.6 is 0 Å². The number of carboxylic acids is 2. The summed E-state index contributed by atoms with van der Waals surface area (Å²) in [4.78, 5) is 21.8. The van der Waals surface area contributed by atoms with Crippen LogP contribution in [0.5, 0.6) is 0 Å². The molecule has 3 atom stereocenters. The minimum Gasteiger partial charge on any atom is -0.481 e. The van der Waals surface area contributed by atoms with Gasteiger partial charge in [-0.1, -0.05) is 12.2 Å². The number of allylic oxidation sites excluding steroid dienone is 2. The maximum Gasteiger partial charge on any atom is 0.310 e. The first kappa shape index (κ1) is 9.24. The van der Waals surface area contributed by atoms with E-state index in [9.17, 15) is 9.59 Å². The molecule has 0 spiro atoms. The summed E-state index contributed by atoms with van der Waals surface area (Å²) < 4.78 is 0. The van der Waals surface area contributed by atoms with Crippen molar-refractivity contribution < 1.29 is 19.8 Å². The smallest absolute Gasteiger partial charge is 0.310 e. The van der Waals surface area contributed by atoms with Crippen molar-refractivity contribution in [3.63, 3.8) is 0 Å². The van der Waals surface area contributed by atoms with E-state index >= 15 is 0 Å². The molecule has 14 heavy (non-hydrogen) atoms. The predicted octanol–water partition coefficient (Wildman–Crippen LogP) is 1.13. The van der Waals surface area contributed by atoms with Crippen molar-refractivity contribution in [2.45, 2.75) is 19.3 Å². The van der Waals surface area contributed by atoms with Crippen molar-refractivity contribution in [3.05, 3.63) is 12.2 Å². The Morgan fingerprint density at radius 3 is 2.43 bits per heavy atom. The molecule has 4 heteroatoms. The zero-order valence-corrected chi connectivity index (χ0v) is 7.64. The van der Waals surface area contributed by atoms with Crippen LogP contribution in [0.1, 0.15) is 19.3 Å². The van der Waals surface area contributed by atoms with Crippen molar-refractivity contribution in [1.29, 1.82) is 0 Å². The van der Waals surface area contributed by atoms with Gasteiger partial charge in [0.25, 0.3) is 0 Å². The van der Waals surface area contributed by atoms with Gasteiger partial charge in [0.05, 0.1) is 11.8 Å². The van der Waals surface area contributed by atoms with Gasteiger partial charge < -0.3 is 10.2 Å². The summed E-state index contributed by atoms with van der Waals surface area (Å²) >= 11 is 0. The third kappa shape index (κ3) is 1.14. The molecule has 1 saturated carbocycles. The fourth-order valence-corrected chi connectivity index (χ4v) is 2.75. The third-order valence-electron chi connectivity index (χ3n) is 3.40. The van der Waals surface area contributed by atoms with Crippen LogP contribution in [0, 0.1) is 17.3 Å². The highest BCUT2D eigenvalue weighted by Crippen LogP contribution is 2.54. The quantitative estimate of drug-likeness (QED) is 0.663. The second kappa shape index (κ2) is 2.83. The average Bonchev–Trinajstić information content (AvgIpc) is 2.61. The number of aliphatic carboxylic acids is 2. The van der Waals surface area contributed by atoms with Gasteiger partial charge in [-0.3, -0.25) is 9.59 Å². The molecule has 0 amide bonds. The molecule has 0 saturated heterocycles. The minimum absolute atomic E-state index is 0.0823. The van der Waals surface area contributed by atoms with Gasteiger partial charge in [0, 0.05) is 0 Å². The predicted molar refractivity (Wildman–Crippen MR) is 47.7 cm³/mol. The van der Waals surface area contributed by atoms with Gasteiger partial charge in [-0.15, -0.1) is 0 Å². The molecular formula is C10H12O4. The number of hydrogen-bond acceptors (Lipinski definition) is 2. The Balaban J connectivity index is 2.29. The summed E-state index contributed by atoms with van der Waals surface area (Å²) in [7, 11) is 0. The van der Waals surface area contributed by atoms with Crippen LogP contribution in [0.2, 0.25) is 0 Å². The lowest BCUT2D eigenvalue weighted by Crippen LogP contribution is -2.37. The molecule has 2 aliphatic rings. The molecule has 0 radical (unpaired) electrons. The standard InChI is InChI=1S/C10H12O4/c11-8(12)5-10(9(13)14)4-6-1-2-7(10)3-6/h1-2,6-7H,3-5H2,(H,11,12)(H,13,14)/t6-,7+,10-/m1/s1. The highest BCUT2D eigenvalue weighted by Gasteiger charge is 2.54. The Labute approximate surface area is 81.2 Å². The lowest BCUT2D eigenvalue weighted by Gasteiger charge is -2.29. The summed E-state index contributed by atoms with van der Waals surface area (Å²) in [6.07, 6.45) is 4.90. The fraction of sp³-hybridized carbons (Fsp3) is 0.600. The maximum absolute atomic E-state index is 11.2. The van der Waals surface area contributed by atoms with E-state index in [1.165, 1.54) is 0 Å². The van der Waals surface area contributed by atoms with Crippen molar-refractivity contribution in [1.82, 2.24) is 0 Å². The molecule has 2 N–H and O–H groups in total. The van der Waals surface area contributed by atoms with Crippen LogP contribution in [0.3, 0.4) is 0 Å². The van der Waals surface area contributed by atoms with Gasteiger partial charge >= 0.3 is 11.9 Å². The summed E-state index contributed by atoms with van der Waals surface area (Å²) in [5.74, 6) is -1.79. The van der Waals surface area contributed by atoms with E-state index in [1.807, 2.05) is 12.2 Å². The van der Waals surface area contributed by atoms with Gasteiger partial charge in [0.1, 0.15) is 0 Å². The normalized spacial score (nSPS) is 38.9. The van der Waals surface area contributed by atoms with E-state index in [1.54, 1.807) is 0 Å². The highest BCUT2D eigenvalue weighted by molar-refractivity contribution is 5.82. The van der Waals surface area contributed by atoms with Gasteiger partial charge in [-0.2, -0.15) is 0 Å². The van der Waals surface area contributed by atoms with E-state index in [0.29, 0.717) is 6.42 Å². The summed E-state index contributed by atoms with van der Waals surface area (Å²) in [5, 5.41) is 17.9. The second-order valence-corrected chi connectivity index (χ2v) is 4.22. The van der Waals surface area contributed by atoms with Gasteiger partial charge in [0.15, 0.2) is 0 Å². The lowest BCUT2D eigenvalue weighted by molar-refractivity contribution is -0.157. The zero-order valence-electron chi connectivity index (χ0n) is 7.64. The third-order valence-corrected chi connectivity index (χ3v) is 3.40. The van der Waals surface area contributed by atoms with Crippen molar-refractivity contribution in [2.24, 2.45) is 17.3 Å². The van der Waals surface area contributed by atoms with E-state index in [4.69, 9.17) is 10.2 Å². The maximum atomic E-state index is 11.2. The first-order valence-electron chi connectivity index (χ1n) is 4.68. The summed E-state index contributed by atoms with van der Waals surface area (Å²) in [6, 6.07) is 0. The van der Waals surface area contributed by atoms with E-state index in [-0.39, 0.29) is 18.3 Å². The van der Waals surface area contributed by atoms with Gasteiger partial charge in [0.2, 0.25) is 0 Å². The van der Waals surface area contributed by atoms with Gasteiger partial charge in [-0.25, -0.2) is 0 Å². The van der Waals surface area contributed by atoms with Crippen molar-refractivity contribution >= 4 is 11.9 Å². The number of hydrogen-bond donors (Lipinski definition) is 2. The number of carboxylic acid groups (broad SMARTS) is 2. The molecule has 2 aliphatic carbocycles. The van der Waals surface area contributed by atoms with Crippen LogP contribution in [-0.4, -0.2) is 22.2 Å². The van der Waals surface area contributed by atoms with Crippen LogP contribution in [0.4, 0.5) is 0 Å². The van der Waals surface area contributed by atoms with Crippen LogP contribution in [0.25, 0.3) is 0 Å². The summed E-state index contributed by atoms with van der Waals surface area (Å²) in [5.41, 5.74) is -1.04. The highest BCUT2D eigenvalue weighted by atomic mass is 16.4. The molecule has 0 unspecified atom stereocenters. The van der Waals surface area contributed by atoms with Crippen molar-refractivity contribution in [3.8, 4) is 0 Å². The number of rotatable bonds is 3.